The monoisotopic (exact) mass is 260 g/mol. The third-order valence-corrected chi connectivity index (χ3v) is 4.38. The number of pyridine rings is 1. The number of anilines is 1. The van der Waals surface area contributed by atoms with Gasteiger partial charge in [-0.1, -0.05) is 31.0 Å². The van der Waals surface area contributed by atoms with Gasteiger partial charge >= 0.3 is 0 Å². The molecule has 1 saturated carbocycles. The first-order chi connectivity index (χ1) is 8.83. The van der Waals surface area contributed by atoms with Crippen molar-refractivity contribution < 1.29 is 0 Å². The summed E-state index contributed by atoms with van der Waals surface area (Å²) < 4.78 is 0. The van der Waals surface area contributed by atoms with Gasteiger partial charge in [0.1, 0.15) is 0 Å². The summed E-state index contributed by atoms with van der Waals surface area (Å²) in [7, 11) is 0. The van der Waals surface area contributed by atoms with Crippen molar-refractivity contribution in [1.29, 1.82) is 0 Å². The van der Waals surface area contributed by atoms with Crippen molar-refractivity contribution >= 4 is 28.2 Å². The topological polar surface area (TPSA) is 24.9 Å². The quantitative estimate of drug-likeness (QED) is 0.837. The minimum absolute atomic E-state index is 0.0751. The average Bonchev–Trinajstić information content (AvgIpc) is 2.88. The van der Waals surface area contributed by atoms with Gasteiger partial charge in [-0.15, -0.1) is 11.6 Å². The van der Waals surface area contributed by atoms with Gasteiger partial charge in [-0.05, 0) is 25.0 Å². The molecule has 0 unspecified atom stereocenters. The van der Waals surface area contributed by atoms with Crippen LogP contribution in [0.1, 0.15) is 25.7 Å². The summed E-state index contributed by atoms with van der Waals surface area (Å²) in [6.45, 7) is 0. The predicted octanol–water partition coefficient (Wildman–Crippen LogP) is 4.20. The summed E-state index contributed by atoms with van der Waals surface area (Å²) in [6.07, 6.45) is 6.72. The van der Waals surface area contributed by atoms with E-state index in [1.807, 2.05) is 18.3 Å². The molecule has 0 radical (unpaired) electrons. The van der Waals surface area contributed by atoms with Gasteiger partial charge < -0.3 is 5.32 Å². The molecule has 1 aliphatic carbocycles. The zero-order valence-electron chi connectivity index (χ0n) is 10.3. The molecule has 1 aromatic heterocycles. The van der Waals surface area contributed by atoms with Gasteiger partial charge in [0, 0.05) is 23.2 Å². The van der Waals surface area contributed by atoms with Crippen molar-refractivity contribution in [2.75, 3.05) is 11.2 Å². The number of rotatable bonds is 3. The van der Waals surface area contributed by atoms with E-state index in [0.29, 0.717) is 5.88 Å². The van der Waals surface area contributed by atoms with Gasteiger partial charge in [0.25, 0.3) is 0 Å². The van der Waals surface area contributed by atoms with Gasteiger partial charge in [0.2, 0.25) is 0 Å². The fraction of sp³-hybridized carbons (Fsp3) is 0.400. The summed E-state index contributed by atoms with van der Waals surface area (Å²) in [6, 6.07) is 10.3. The molecule has 0 saturated heterocycles. The highest BCUT2D eigenvalue weighted by molar-refractivity contribution is 6.19. The van der Waals surface area contributed by atoms with Crippen molar-refractivity contribution in [2.24, 2.45) is 0 Å². The summed E-state index contributed by atoms with van der Waals surface area (Å²) >= 11 is 6.19. The number of fused-ring (bicyclic) bond motifs is 1. The number of hydrogen-bond acceptors (Lipinski definition) is 2. The van der Waals surface area contributed by atoms with Gasteiger partial charge in [-0.3, -0.25) is 4.98 Å². The lowest BCUT2D eigenvalue weighted by molar-refractivity contribution is 0.540. The molecule has 94 valence electrons. The lowest BCUT2D eigenvalue weighted by Crippen LogP contribution is -2.37. The summed E-state index contributed by atoms with van der Waals surface area (Å²) in [5, 5.41) is 4.85. The first-order valence-corrected chi connectivity index (χ1v) is 7.04. The minimum Gasteiger partial charge on any atom is -0.378 e. The highest BCUT2D eigenvalue weighted by Gasteiger charge is 2.33. The third-order valence-electron chi connectivity index (χ3n) is 3.87. The van der Waals surface area contributed by atoms with E-state index >= 15 is 0 Å². The molecule has 0 aliphatic heterocycles. The van der Waals surface area contributed by atoms with Gasteiger partial charge in [0.15, 0.2) is 0 Å². The number of nitrogens with zero attached hydrogens (tertiary/aromatic N) is 1. The number of nitrogens with one attached hydrogen (secondary N) is 1. The standard InChI is InChI=1S/C15H17ClN2/c16-11-15(8-3-4-9-15)18-14-7-10-17-13-6-2-1-5-12(13)14/h1-2,5-7,10H,3-4,8-9,11H2,(H,17,18). The SMILES string of the molecule is ClCC1(Nc2ccnc3ccccc23)CCCC1. The number of alkyl halides is 1. The molecule has 2 aromatic rings. The van der Waals surface area contributed by atoms with E-state index in [1.54, 1.807) is 0 Å². The Labute approximate surface area is 112 Å². The molecule has 1 aliphatic rings. The van der Waals surface area contributed by atoms with Crippen molar-refractivity contribution in [3.63, 3.8) is 0 Å². The van der Waals surface area contributed by atoms with E-state index in [4.69, 9.17) is 11.6 Å². The maximum Gasteiger partial charge on any atom is 0.0722 e. The molecule has 1 aromatic carbocycles. The highest BCUT2D eigenvalue weighted by atomic mass is 35.5. The molecule has 2 nitrogen and oxygen atoms in total. The van der Waals surface area contributed by atoms with E-state index < -0.39 is 0 Å². The fourth-order valence-corrected chi connectivity index (χ4v) is 3.17. The zero-order valence-corrected chi connectivity index (χ0v) is 11.1. The number of benzene rings is 1. The van der Waals surface area contributed by atoms with Crippen LogP contribution in [0.3, 0.4) is 0 Å². The molecule has 3 rings (SSSR count). The second-order valence-corrected chi connectivity index (χ2v) is 5.39. The van der Waals surface area contributed by atoms with Crippen LogP contribution >= 0.6 is 11.6 Å². The Balaban J connectivity index is 1.99. The molecule has 1 N–H and O–H groups in total. The van der Waals surface area contributed by atoms with E-state index in [2.05, 4.69) is 28.5 Å². The first-order valence-electron chi connectivity index (χ1n) is 6.51. The van der Waals surface area contributed by atoms with Crippen LogP contribution in [0.5, 0.6) is 0 Å². The van der Waals surface area contributed by atoms with E-state index in [0.717, 1.165) is 24.0 Å². The van der Waals surface area contributed by atoms with E-state index in [-0.39, 0.29) is 5.54 Å². The van der Waals surface area contributed by atoms with Crippen molar-refractivity contribution in [3.8, 4) is 0 Å². The molecule has 0 spiro atoms. The van der Waals surface area contributed by atoms with E-state index in [1.165, 1.54) is 18.2 Å². The van der Waals surface area contributed by atoms with Crippen molar-refractivity contribution in [3.05, 3.63) is 36.5 Å². The first kappa shape index (κ1) is 11.8. The van der Waals surface area contributed by atoms with Crippen LogP contribution in [0.25, 0.3) is 10.9 Å². The Morgan fingerprint density at radius 2 is 1.94 bits per heavy atom. The molecular weight excluding hydrogens is 244 g/mol. The average molecular weight is 261 g/mol. The fourth-order valence-electron chi connectivity index (χ4n) is 2.83. The molecule has 1 heterocycles. The Hall–Kier alpha value is -1.28. The maximum absolute atomic E-state index is 6.19. The Bertz CT molecular complexity index is 542. The van der Waals surface area contributed by atoms with Crippen LogP contribution in [-0.2, 0) is 0 Å². The van der Waals surface area contributed by atoms with Crippen LogP contribution in [-0.4, -0.2) is 16.4 Å². The largest absolute Gasteiger partial charge is 0.378 e. The highest BCUT2D eigenvalue weighted by Crippen LogP contribution is 2.35. The molecule has 3 heteroatoms. The summed E-state index contributed by atoms with van der Waals surface area (Å²) in [5.41, 5.74) is 2.26. The molecule has 0 bridgehead atoms. The Morgan fingerprint density at radius 1 is 1.17 bits per heavy atom. The van der Waals surface area contributed by atoms with Gasteiger partial charge in [0.05, 0.1) is 11.1 Å². The third kappa shape index (κ3) is 2.05. The second kappa shape index (κ2) is 4.77. The smallest absolute Gasteiger partial charge is 0.0722 e. The second-order valence-electron chi connectivity index (χ2n) is 5.12. The molecule has 1 fully saturated rings. The summed E-state index contributed by atoms with van der Waals surface area (Å²) in [4.78, 5) is 4.39. The predicted molar refractivity (Wildman–Crippen MR) is 77.3 cm³/mol. The Kier molecular flexibility index (Phi) is 3.13. The summed E-state index contributed by atoms with van der Waals surface area (Å²) in [5.74, 6) is 0.670. The number of halogens is 1. The normalized spacial score (nSPS) is 18.1. The zero-order chi connectivity index (χ0) is 12.4. The van der Waals surface area contributed by atoms with Gasteiger partial charge in [-0.2, -0.15) is 0 Å². The number of para-hydroxylation sites is 1. The van der Waals surface area contributed by atoms with Crippen LogP contribution in [0.2, 0.25) is 0 Å². The number of aromatic nitrogens is 1. The van der Waals surface area contributed by atoms with Crippen LogP contribution < -0.4 is 5.32 Å². The maximum atomic E-state index is 6.19. The van der Waals surface area contributed by atoms with Crippen LogP contribution in [0.15, 0.2) is 36.5 Å². The lowest BCUT2D eigenvalue weighted by Gasteiger charge is -2.29. The molecule has 0 atom stereocenters. The molecular formula is C15H17ClN2. The van der Waals surface area contributed by atoms with Crippen molar-refractivity contribution in [2.45, 2.75) is 31.2 Å². The lowest BCUT2D eigenvalue weighted by atomic mass is 9.99. The van der Waals surface area contributed by atoms with Crippen molar-refractivity contribution in [1.82, 2.24) is 4.98 Å². The molecule has 18 heavy (non-hydrogen) atoms. The minimum atomic E-state index is 0.0751. The van der Waals surface area contributed by atoms with Gasteiger partial charge in [-0.25, -0.2) is 0 Å². The Morgan fingerprint density at radius 3 is 2.72 bits per heavy atom. The van der Waals surface area contributed by atoms with Crippen LogP contribution in [0, 0.1) is 0 Å². The molecule has 0 amide bonds. The number of hydrogen-bond donors (Lipinski definition) is 1. The van der Waals surface area contributed by atoms with Crippen LogP contribution in [0.4, 0.5) is 5.69 Å². The van der Waals surface area contributed by atoms with E-state index in [9.17, 15) is 0 Å².